The predicted octanol–water partition coefficient (Wildman–Crippen LogP) is -0.0641. The topological polar surface area (TPSA) is 46.2 Å². The van der Waals surface area contributed by atoms with Crippen LogP contribution in [0.3, 0.4) is 0 Å². The summed E-state index contributed by atoms with van der Waals surface area (Å²) < 4.78 is 28.8. The van der Waals surface area contributed by atoms with E-state index in [2.05, 4.69) is 0 Å². The number of hydrogen-bond donors (Lipinski definition) is 0. The standard InChI is InChI=1S/C13H15BO5/c1-15-11-10-9-7-16-13(17-9)12(11)19-14(18-10)8-5-3-2-4-6-8/h2-6,9-13H,7H2,1H3/t9-,10?,11-,12?,13+/m0/s1. The zero-order valence-electron chi connectivity index (χ0n) is 10.6. The maximum absolute atomic E-state index is 6.02. The summed E-state index contributed by atoms with van der Waals surface area (Å²) in [6, 6.07) is 9.92. The Kier molecular flexibility index (Phi) is 2.86. The van der Waals surface area contributed by atoms with Gasteiger partial charge in [0.2, 0.25) is 0 Å². The van der Waals surface area contributed by atoms with Crippen molar-refractivity contribution in [3.63, 3.8) is 0 Å². The summed E-state index contributed by atoms with van der Waals surface area (Å²) in [5.41, 5.74) is 1.01. The normalized spacial score (nSPS) is 40.5. The third-order valence-electron chi connectivity index (χ3n) is 3.92. The molecule has 100 valence electrons. The highest BCUT2D eigenvalue weighted by Gasteiger charge is 2.57. The summed E-state index contributed by atoms with van der Waals surface area (Å²) in [6.45, 7) is 0.538. The van der Waals surface area contributed by atoms with E-state index in [0.29, 0.717) is 6.61 Å². The lowest BCUT2D eigenvalue weighted by molar-refractivity contribution is -0.249. The van der Waals surface area contributed by atoms with Gasteiger partial charge < -0.3 is 23.5 Å². The van der Waals surface area contributed by atoms with Crippen molar-refractivity contribution in [1.82, 2.24) is 0 Å². The minimum Gasteiger partial charge on any atom is -0.399 e. The molecule has 3 saturated heterocycles. The van der Waals surface area contributed by atoms with Crippen molar-refractivity contribution in [2.75, 3.05) is 13.7 Å². The van der Waals surface area contributed by atoms with E-state index in [9.17, 15) is 0 Å². The Morgan fingerprint density at radius 2 is 1.95 bits per heavy atom. The quantitative estimate of drug-likeness (QED) is 0.698. The van der Waals surface area contributed by atoms with Crippen LogP contribution in [0.25, 0.3) is 0 Å². The van der Waals surface area contributed by atoms with E-state index in [1.807, 2.05) is 30.3 Å². The first kappa shape index (κ1) is 11.9. The van der Waals surface area contributed by atoms with Crippen molar-refractivity contribution < 1.29 is 23.5 Å². The number of benzene rings is 1. The molecule has 5 atom stereocenters. The predicted molar refractivity (Wildman–Crippen MR) is 67.0 cm³/mol. The van der Waals surface area contributed by atoms with Gasteiger partial charge in [0.05, 0.1) is 6.61 Å². The van der Waals surface area contributed by atoms with Gasteiger partial charge in [-0.15, -0.1) is 0 Å². The fraction of sp³-hybridized carbons (Fsp3) is 0.538. The van der Waals surface area contributed by atoms with Crippen LogP contribution >= 0.6 is 0 Å². The van der Waals surface area contributed by atoms with Crippen LogP contribution in [0.15, 0.2) is 30.3 Å². The first-order valence-corrected chi connectivity index (χ1v) is 6.52. The summed E-state index contributed by atoms with van der Waals surface area (Å²) in [5, 5.41) is 0. The van der Waals surface area contributed by atoms with Gasteiger partial charge in [0.1, 0.15) is 24.4 Å². The summed E-state index contributed by atoms with van der Waals surface area (Å²) in [7, 11) is 1.29. The molecule has 1 aromatic rings. The summed E-state index contributed by atoms with van der Waals surface area (Å²) in [5.74, 6) is 0. The van der Waals surface area contributed by atoms with Crippen molar-refractivity contribution in [1.29, 1.82) is 0 Å². The second kappa shape index (κ2) is 4.57. The molecule has 0 radical (unpaired) electrons. The Morgan fingerprint density at radius 3 is 2.74 bits per heavy atom. The molecular formula is C13H15BO5. The van der Waals surface area contributed by atoms with Gasteiger partial charge in [0.15, 0.2) is 6.29 Å². The molecule has 1 aromatic carbocycles. The van der Waals surface area contributed by atoms with E-state index in [1.165, 1.54) is 0 Å². The maximum Gasteiger partial charge on any atom is 0.494 e. The van der Waals surface area contributed by atoms with Gasteiger partial charge in [-0.05, 0) is 5.46 Å². The molecule has 5 nitrogen and oxygen atoms in total. The molecule has 0 spiro atoms. The fourth-order valence-corrected chi connectivity index (χ4v) is 3.00. The molecule has 2 unspecified atom stereocenters. The van der Waals surface area contributed by atoms with Gasteiger partial charge in [-0.2, -0.15) is 0 Å². The van der Waals surface area contributed by atoms with E-state index in [0.717, 1.165) is 5.46 Å². The first-order valence-electron chi connectivity index (χ1n) is 6.52. The smallest absolute Gasteiger partial charge is 0.399 e. The highest BCUT2D eigenvalue weighted by atomic mass is 16.8. The lowest BCUT2D eigenvalue weighted by atomic mass is 9.75. The van der Waals surface area contributed by atoms with Crippen LogP contribution in [0.2, 0.25) is 0 Å². The summed E-state index contributed by atoms with van der Waals surface area (Å²) in [6.07, 6.45) is -0.936. The number of rotatable bonds is 2. The SMILES string of the molecule is CO[C@@H]1C2OB(c3ccccc3)OC1[C@@H]1CO[C@@H]2O1. The maximum atomic E-state index is 6.02. The monoisotopic (exact) mass is 262 g/mol. The van der Waals surface area contributed by atoms with Crippen LogP contribution in [0.1, 0.15) is 0 Å². The van der Waals surface area contributed by atoms with Crippen LogP contribution in [-0.4, -0.2) is 51.5 Å². The lowest BCUT2D eigenvalue weighted by Crippen LogP contribution is -2.65. The average molecular weight is 262 g/mol. The molecule has 19 heavy (non-hydrogen) atoms. The third-order valence-corrected chi connectivity index (χ3v) is 3.92. The number of ether oxygens (including phenoxy) is 3. The van der Waals surface area contributed by atoms with E-state index in [1.54, 1.807) is 7.11 Å². The highest BCUT2D eigenvalue weighted by molar-refractivity contribution is 6.61. The minimum absolute atomic E-state index is 0.0682. The van der Waals surface area contributed by atoms with E-state index in [4.69, 9.17) is 23.5 Å². The molecule has 0 aromatic heterocycles. The molecule has 0 N–H and O–H groups in total. The third kappa shape index (κ3) is 1.83. The number of methoxy groups -OCH3 is 1. The Hall–Kier alpha value is -0.915. The first-order chi connectivity index (χ1) is 9.36. The van der Waals surface area contributed by atoms with E-state index in [-0.39, 0.29) is 37.8 Å². The van der Waals surface area contributed by atoms with Gasteiger partial charge in [0.25, 0.3) is 0 Å². The van der Waals surface area contributed by atoms with Gasteiger partial charge >= 0.3 is 7.12 Å². The molecule has 3 aliphatic rings. The Balaban J connectivity index is 1.64. The molecule has 0 amide bonds. The van der Waals surface area contributed by atoms with E-state index >= 15 is 0 Å². The summed E-state index contributed by atoms with van der Waals surface area (Å²) >= 11 is 0. The molecule has 0 saturated carbocycles. The molecule has 3 aliphatic heterocycles. The molecule has 0 aliphatic carbocycles. The van der Waals surface area contributed by atoms with Crippen LogP contribution in [0, 0.1) is 0 Å². The second-order valence-corrected chi connectivity index (χ2v) is 5.02. The zero-order valence-corrected chi connectivity index (χ0v) is 10.6. The van der Waals surface area contributed by atoms with Gasteiger partial charge in [-0.1, -0.05) is 30.3 Å². The lowest BCUT2D eigenvalue weighted by Gasteiger charge is -2.46. The largest absolute Gasteiger partial charge is 0.494 e. The highest BCUT2D eigenvalue weighted by Crippen LogP contribution is 2.36. The van der Waals surface area contributed by atoms with E-state index < -0.39 is 0 Å². The Bertz CT molecular complexity index is 436. The van der Waals surface area contributed by atoms with Gasteiger partial charge in [-0.25, -0.2) is 0 Å². The Labute approximate surface area is 111 Å². The van der Waals surface area contributed by atoms with Crippen molar-refractivity contribution in [3.05, 3.63) is 30.3 Å². The summed E-state index contributed by atoms with van der Waals surface area (Å²) in [4.78, 5) is 0. The van der Waals surface area contributed by atoms with Gasteiger partial charge in [0, 0.05) is 7.11 Å². The minimum atomic E-state index is -0.377. The van der Waals surface area contributed by atoms with Crippen LogP contribution in [-0.2, 0) is 23.5 Å². The molecule has 4 rings (SSSR count). The number of fused-ring (bicyclic) bond motifs is 6. The van der Waals surface area contributed by atoms with Gasteiger partial charge in [-0.3, -0.25) is 0 Å². The molecule has 6 heteroatoms. The fourth-order valence-electron chi connectivity index (χ4n) is 3.00. The zero-order chi connectivity index (χ0) is 12.8. The second-order valence-electron chi connectivity index (χ2n) is 5.02. The number of hydrogen-bond acceptors (Lipinski definition) is 5. The Morgan fingerprint density at radius 1 is 1.16 bits per heavy atom. The van der Waals surface area contributed by atoms with Crippen molar-refractivity contribution in [2.45, 2.75) is 30.7 Å². The van der Waals surface area contributed by atoms with Crippen LogP contribution in [0.5, 0.6) is 0 Å². The molecule has 4 bridgehead atoms. The molecule has 3 fully saturated rings. The average Bonchev–Trinajstić information content (AvgIpc) is 2.93. The molecule has 3 heterocycles. The van der Waals surface area contributed by atoms with Crippen molar-refractivity contribution >= 4 is 12.6 Å². The van der Waals surface area contributed by atoms with Crippen molar-refractivity contribution in [2.24, 2.45) is 0 Å². The van der Waals surface area contributed by atoms with Crippen LogP contribution < -0.4 is 5.46 Å². The molecular weight excluding hydrogens is 247 g/mol. The van der Waals surface area contributed by atoms with Crippen molar-refractivity contribution in [3.8, 4) is 0 Å². The van der Waals surface area contributed by atoms with Crippen LogP contribution in [0.4, 0.5) is 0 Å².